The molecule has 2 fully saturated rings. The SMILES string of the molecule is COC(=O)C1=CO[C@H](O[C@H]2O[C@H](CO)[C@@H](O)[C@H](O)[C@H]2O)[C@@H]2[C@](C)(O)[C@@H](OC(=O)C=Cc3ccc(OC)cc3)C[C@@]12O. The highest BCUT2D eigenvalue weighted by Gasteiger charge is 2.69. The highest BCUT2D eigenvalue weighted by Crippen LogP contribution is 2.53. The van der Waals surface area contributed by atoms with Gasteiger partial charge in [-0.1, -0.05) is 12.1 Å². The third-order valence-electron chi connectivity index (χ3n) is 7.66. The Bertz CT molecular complexity index is 1160. The van der Waals surface area contributed by atoms with E-state index in [0.29, 0.717) is 11.3 Å². The van der Waals surface area contributed by atoms with E-state index in [1.165, 1.54) is 20.1 Å². The Balaban J connectivity index is 1.58. The molecule has 3 aliphatic rings. The van der Waals surface area contributed by atoms with Crippen LogP contribution in [0.25, 0.3) is 6.08 Å². The fourth-order valence-corrected chi connectivity index (χ4v) is 5.37. The van der Waals surface area contributed by atoms with E-state index in [2.05, 4.69) is 0 Å². The number of aliphatic hydroxyl groups excluding tert-OH is 4. The molecule has 14 heteroatoms. The Kier molecular flexibility index (Phi) is 9.06. The number of aliphatic hydroxyl groups is 6. The van der Waals surface area contributed by atoms with Gasteiger partial charge in [0.25, 0.3) is 0 Å². The van der Waals surface area contributed by atoms with Crippen LogP contribution in [-0.4, -0.2) is 118 Å². The van der Waals surface area contributed by atoms with Gasteiger partial charge in [-0.05, 0) is 30.7 Å². The van der Waals surface area contributed by atoms with Crippen molar-refractivity contribution < 1.29 is 68.6 Å². The maximum Gasteiger partial charge on any atom is 0.339 e. The minimum Gasteiger partial charge on any atom is -0.497 e. The summed E-state index contributed by atoms with van der Waals surface area (Å²) >= 11 is 0. The molecule has 14 nitrogen and oxygen atoms in total. The van der Waals surface area contributed by atoms with E-state index in [4.69, 9.17) is 28.4 Å². The van der Waals surface area contributed by atoms with Crippen molar-refractivity contribution in [3.63, 3.8) is 0 Å². The van der Waals surface area contributed by atoms with E-state index in [1.807, 2.05) is 0 Å². The van der Waals surface area contributed by atoms with Crippen LogP contribution in [-0.2, 0) is 33.3 Å². The van der Waals surface area contributed by atoms with Crippen molar-refractivity contribution in [2.45, 2.75) is 67.6 Å². The van der Waals surface area contributed by atoms with Crippen LogP contribution in [0.4, 0.5) is 0 Å². The van der Waals surface area contributed by atoms with Crippen LogP contribution in [0.1, 0.15) is 18.9 Å². The first kappa shape index (κ1) is 30.9. The number of carbonyl (C=O) groups excluding carboxylic acids is 2. The predicted octanol–water partition coefficient (Wildman–Crippen LogP) is -1.65. The molecule has 1 aliphatic carbocycles. The van der Waals surface area contributed by atoms with E-state index in [-0.39, 0.29) is 5.57 Å². The molecular formula is C27H34O14. The van der Waals surface area contributed by atoms with Crippen molar-refractivity contribution in [2.75, 3.05) is 20.8 Å². The molecule has 41 heavy (non-hydrogen) atoms. The van der Waals surface area contributed by atoms with Gasteiger partial charge < -0.3 is 59.1 Å². The number of rotatable bonds is 8. The zero-order valence-electron chi connectivity index (χ0n) is 22.5. The molecule has 1 saturated heterocycles. The third-order valence-corrected chi connectivity index (χ3v) is 7.66. The van der Waals surface area contributed by atoms with E-state index >= 15 is 0 Å². The fraction of sp³-hybridized carbons (Fsp3) is 0.556. The molecule has 0 unspecified atom stereocenters. The summed E-state index contributed by atoms with van der Waals surface area (Å²) in [6, 6.07) is 6.81. The highest BCUT2D eigenvalue weighted by molar-refractivity contribution is 5.91. The fourth-order valence-electron chi connectivity index (χ4n) is 5.37. The standard InChI is InChI=1S/C27H34O14/c1-26(34)17(40-18(29)9-6-13-4-7-14(36-2)8-5-13)10-27(35)15(23(33)37-3)12-38-25(22(26)27)41-24-21(32)20(31)19(30)16(11-28)39-24/h4-9,12,16-17,19-22,24-25,28,30-32,34-35H,10-11H2,1-3H3/t16-,17+,19-,20+,21-,22-,24-,25-,26-,27-/m1/s1. The lowest BCUT2D eigenvalue weighted by atomic mass is 9.77. The summed E-state index contributed by atoms with van der Waals surface area (Å²) in [5.41, 5.74) is -4.03. The van der Waals surface area contributed by atoms with E-state index in [1.54, 1.807) is 24.3 Å². The largest absolute Gasteiger partial charge is 0.497 e. The smallest absolute Gasteiger partial charge is 0.339 e. The van der Waals surface area contributed by atoms with Gasteiger partial charge in [-0.2, -0.15) is 0 Å². The molecule has 0 spiro atoms. The molecule has 226 valence electrons. The van der Waals surface area contributed by atoms with Crippen molar-refractivity contribution in [1.82, 2.24) is 0 Å². The lowest BCUT2D eigenvalue weighted by molar-refractivity contribution is -0.352. The van der Waals surface area contributed by atoms with Gasteiger partial charge in [-0.25, -0.2) is 9.59 Å². The number of esters is 2. The molecule has 4 rings (SSSR count). The quantitative estimate of drug-likeness (QED) is 0.150. The average Bonchev–Trinajstić information content (AvgIpc) is 3.16. The molecule has 1 aromatic carbocycles. The van der Waals surface area contributed by atoms with Gasteiger partial charge in [0.15, 0.2) is 6.29 Å². The van der Waals surface area contributed by atoms with Crippen LogP contribution in [0.15, 0.2) is 42.2 Å². The van der Waals surface area contributed by atoms with Gasteiger partial charge in [0, 0.05) is 12.5 Å². The number of hydrogen-bond acceptors (Lipinski definition) is 14. The minimum atomic E-state index is -2.21. The summed E-state index contributed by atoms with van der Waals surface area (Å²) in [7, 11) is 2.60. The van der Waals surface area contributed by atoms with Crippen LogP contribution in [0.3, 0.4) is 0 Å². The first-order valence-corrected chi connectivity index (χ1v) is 12.7. The second kappa shape index (κ2) is 12.0. The van der Waals surface area contributed by atoms with Crippen molar-refractivity contribution >= 4 is 18.0 Å². The predicted molar refractivity (Wildman–Crippen MR) is 135 cm³/mol. The van der Waals surface area contributed by atoms with Crippen LogP contribution < -0.4 is 4.74 Å². The first-order chi connectivity index (χ1) is 19.4. The molecule has 10 atom stereocenters. The van der Waals surface area contributed by atoms with Gasteiger partial charge in [-0.15, -0.1) is 0 Å². The van der Waals surface area contributed by atoms with Crippen LogP contribution in [0.2, 0.25) is 0 Å². The Morgan fingerprint density at radius 2 is 1.73 bits per heavy atom. The molecule has 0 amide bonds. The average molecular weight is 583 g/mol. The molecule has 0 aromatic heterocycles. The summed E-state index contributed by atoms with van der Waals surface area (Å²) in [4.78, 5) is 25.3. The monoisotopic (exact) mass is 582 g/mol. The number of hydrogen-bond donors (Lipinski definition) is 6. The molecule has 1 saturated carbocycles. The van der Waals surface area contributed by atoms with Gasteiger partial charge in [0.05, 0.1) is 33.0 Å². The molecule has 0 radical (unpaired) electrons. The number of ether oxygens (including phenoxy) is 6. The van der Waals surface area contributed by atoms with Gasteiger partial charge >= 0.3 is 11.9 Å². The topological polar surface area (TPSA) is 211 Å². The molecular weight excluding hydrogens is 548 g/mol. The first-order valence-electron chi connectivity index (χ1n) is 12.7. The molecule has 1 aromatic rings. The molecule has 2 heterocycles. The lowest BCUT2D eigenvalue weighted by Crippen LogP contribution is -2.62. The normalized spacial score (nSPS) is 38.5. The summed E-state index contributed by atoms with van der Waals surface area (Å²) in [6.07, 6.45) is -8.29. The number of fused-ring (bicyclic) bond motifs is 1. The summed E-state index contributed by atoms with van der Waals surface area (Å²) in [5, 5.41) is 63.4. The Morgan fingerprint density at radius 3 is 2.34 bits per heavy atom. The Hall–Kier alpha value is -3.08. The van der Waals surface area contributed by atoms with Gasteiger partial charge in [0.2, 0.25) is 6.29 Å². The third kappa shape index (κ3) is 5.82. The second-order valence-corrected chi connectivity index (χ2v) is 10.2. The van der Waals surface area contributed by atoms with Gasteiger partial charge in [-0.3, -0.25) is 0 Å². The van der Waals surface area contributed by atoms with Crippen LogP contribution in [0.5, 0.6) is 5.75 Å². The number of methoxy groups -OCH3 is 2. The maximum absolute atomic E-state index is 12.7. The molecule has 2 aliphatic heterocycles. The number of carbonyl (C=O) groups is 2. The Morgan fingerprint density at radius 1 is 1.05 bits per heavy atom. The maximum atomic E-state index is 12.7. The van der Waals surface area contributed by atoms with E-state index in [9.17, 15) is 40.2 Å². The Labute approximate surface area is 234 Å². The minimum absolute atomic E-state index is 0.383. The molecule has 0 bridgehead atoms. The van der Waals surface area contributed by atoms with E-state index < -0.39 is 85.2 Å². The lowest BCUT2D eigenvalue weighted by Gasteiger charge is -2.46. The zero-order chi connectivity index (χ0) is 30.1. The zero-order valence-corrected chi connectivity index (χ0v) is 22.5. The van der Waals surface area contributed by atoms with Crippen molar-refractivity contribution in [3.05, 3.63) is 47.7 Å². The van der Waals surface area contributed by atoms with Crippen molar-refractivity contribution in [2.24, 2.45) is 5.92 Å². The van der Waals surface area contributed by atoms with Crippen LogP contribution >= 0.6 is 0 Å². The van der Waals surface area contributed by atoms with Crippen molar-refractivity contribution in [3.8, 4) is 5.75 Å². The van der Waals surface area contributed by atoms with Crippen LogP contribution in [0, 0.1) is 5.92 Å². The highest BCUT2D eigenvalue weighted by atomic mass is 16.8. The van der Waals surface area contributed by atoms with Gasteiger partial charge in [0.1, 0.15) is 53.0 Å². The summed E-state index contributed by atoms with van der Waals surface area (Å²) in [5.74, 6) is -2.74. The summed E-state index contributed by atoms with van der Waals surface area (Å²) in [6.45, 7) is 0.518. The van der Waals surface area contributed by atoms with Crippen molar-refractivity contribution in [1.29, 1.82) is 0 Å². The molecule has 6 N–H and O–H groups in total. The summed E-state index contributed by atoms with van der Waals surface area (Å²) < 4.78 is 31.9. The number of benzene rings is 1. The second-order valence-electron chi connectivity index (χ2n) is 10.2. The van der Waals surface area contributed by atoms with E-state index in [0.717, 1.165) is 19.4 Å².